The van der Waals surface area contributed by atoms with Crippen molar-refractivity contribution in [2.24, 2.45) is 5.73 Å². The highest BCUT2D eigenvalue weighted by atomic mass is 32.2. The third kappa shape index (κ3) is 12.2. The van der Waals surface area contributed by atoms with Gasteiger partial charge in [-0.2, -0.15) is 0 Å². The van der Waals surface area contributed by atoms with Crippen molar-refractivity contribution >= 4 is 34.8 Å². The van der Waals surface area contributed by atoms with Gasteiger partial charge in [0.1, 0.15) is 23.6 Å². The lowest BCUT2D eigenvalue weighted by molar-refractivity contribution is -0.139. The van der Waals surface area contributed by atoms with E-state index < -0.39 is 47.0 Å². The zero-order valence-electron chi connectivity index (χ0n) is 23.8. The van der Waals surface area contributed by atoms with Crippen molar-refractivity contribution < 1.29 is 28.8 Å². The summed E-state index contributed by atoms with van der Waals surface area (Å²) in [5.74, 6) is -1.24. The topological polar surface area (TPSA) is 177 Å². The molecule has 4 atom stereocenters. The van der Waals surface area contributed by atoms with E-state index in [2.05, 4.69) is 16.0 Å². The highest BCUT2D eigenvalue weighted by Crippen LogP contribution is 2.11. The fraction of sp³-hybridized carbons (Fsp3) is 0.448. The molecule has 1 unspecified atom stereocenters. The Bertz CT molecular complexity index is 1130. The zero-order valence-corrected chi connectivity index (χ0v) is 24.6. The number of benzene rings is 2. The number of unbranched alkanes of at least 4 members (excludes halogenated alkanes) is 1. The average molecular weight is 588 g/mol. The van der Waals surface area contributed by atoms with Crippen molar-refractivity contribution in [1.82, 2.24) is 20.9 Å². The van der Waals surface area contributed by atoms with Gasteiger partial charge in [0.15, 0.2) is 0 Å². The number of amides is 4. The van der Waals surface area contributed by atoms with Gasteiger partial charge in [0.05, 0.1) is 18.8 Å². The monoisotopic (exact) mass is 587 g/mol. The van der Waals surface area contributed by atoms with Crippen LogP contribution in [0.25, 0.3) is 0 Å². The predicted molar refractivity (Wildman–Crippen MR) is 158 cm³/mol. The average Bonchev–Trinajstić information content (AvgIpc) is 2.95. The number of hydrogen-bond acceptors (Lipinski definition) is 7. The lowest BCUT2D eigenvalue weighted by Gasteiger charge is -2.28. The molecule has 2 aromatic carbocycles. The van der Waals surface area contributed by atoms with Gasteiger partial charge in [-0.05, 0) is 49.4 Å². The number of hydrogen-bond donors (Lipinski definition) is 5. The molecule has 12 heteroatoms. The summed E-state index contributed by atoms with van der Waals surface area (Å²) in [6, 6.07) is 12.9. The quantitative estimate of drug-likeness (QED) is 0.138. The third-order valence-corrected chi connectivity index (χ3v) is 7.35. The largest absolute Gasteiger partial charge is 0.617 e. The van der Waals surface area contributed by atoms with Crippen molar-refractivity contribution in [3.05, 3.63) is 65.7 Å². The summed E-state index contributed by atoms with van der Waals surface area (Å²) in [5.41, 5.74) is 7.59. The molecule has 0 aliphatic heterocycles. The van der Waals surface area contributed by atoms with Gasteiger partial charge >= 0.3 is 0 Å². The van der Waals surface area contributed by atoms with Gasteiger partial charge in [0, 0.05) is 20.0 Å². The maximum absolute atomic E-state index is 13.0. The van der Waals surface area contributed by atoms with Gasteiger partial charge in [-0.15, -0.1) is 0 Å². The van der Waals surface area contributed by atoms with Crippen LogP contribution in [0, 0.1) is 0 Å². The summed E-state index contributed by atoms with van der Waals surface area (Å²) in [6.45, 7) is 1.51. The maximum atomic E-state index is 13.0. The van der Waals surface area contributed by atoms with Crippen LogP contribution in [0.4, 0.5) is 0 Å². The molecule has 0 saturated carbocycles. The molecule has 41 heavy (non-hydrogen) atoms. The van der Waals surface area contributed by atoms with Crippen LogP contribution in [0.1, 0.15) is 30.9 Å². The van der Waals surface area contributed by atoms with Crippen molar-refractivity contribution in [3.63, 3.8) is 0 Å². The first-order chi connectivity index (χ1) is 19.5. The number of likely N-dealkylation sites (N-methyl/N-ethyl adjacent to an activating group) is 1. The molecule has 0 heterocycles. The number of carbonyl (C=O) groups is 4. The van der Waals surface area contributed by atoms with E-state index in [-0.39, 0.29) is 31.0 Å². The van der Waals surface area contributed by atoms with E-state index in [4.69, 9.17) is 5.73 Å². The normalized spacial score (nSPS) is 13.8. The molecule has 0 radical (unpaired) electrons. The molecule has 2 aromatic rings. The number of nitrogens with one attached hydrogen (secondary N) is 3. The summed E-state index contributed by atoms with van der Waals surface area (Å²) in [5, 5.41) is 17.3. The van der Waals surface area contributed by atoms with Crippen LogP contribution in [0.5, 0.6) is 5.75 Å². The number of phenols is 1. The van der Waals surface area contributed by atoms with Crippen LogP contribution < -0.4 is 21.7 Å². The van der Waals surface area contributed by atoms with Crippen LogP contribution in [-0.2, 0) is 43.2 Å². The van der Waals surface area contributed by atoms with Gasteiger partial charge < -0.3 is 36.2 Å². The first-order valence-electron chi connectivity index (χ1n) is 13.5. The molecule has 0 bridgehead atoms. The number of aromatic hydroxyl groups is 1. The molecule has 224 valence electrons. The summed E-state index contributed by atoms with van der Waals surface area (Å²) in [7, 11) is 1.51. The van der Waals surface area contributed by atoms with Crippen molar-refractivity contribution in [1.29, 1.82) is 0 Å². The van der Waals surface area contributed by atoms with Crippen molar-refractivity contribution in [2.45, 2.75) is 50.7 Å². The molecule has 0 aromatic heterocycles. The molecule has 0 fully saturated rings. The second kappa shape index (κ2) is 17.3. The Balaban J connectivity index is 1.90. The highest BCUT2D eigenvalue weighted by molar-refractivity contribution is 7.90. The number of carbonyl (C=O) groups excluding carboxylic acids is 4. The Labute approximate surface area is 244 Å². The second-order valence-electron chi connectivity index (χ2n) is 9.91. The van der Waals surface area contributed by atoms with Crippen LogP contribution in [0.15, 0.2) is 54.6 Å². The summed E-state index contributed by atoms with van der Waals surface area (Å²) in [4.78, 5) is 52.4. The van der Waals surface area contributed by atoms with Crippen LogP contribution in [-0.4, -0.2) is 88.5 Å². The minimum atomic E-state index is -0.952. The SMILES string of the molecule is C[C@@H](NC(=O)[C@@H](N)Cc1ccc(O)cc1)C(=O)NCC(=O)N(C)[C@@H](Cc1ccccc1)C(=O)NCCCC[S+](C)[O-]. The third-order valence-electron chi connectivity index (χ3n) is 6.49. The molecular weight excluding hydrogens is 546 g/mol. The predicted octanol–water partition coefficient (Wildman–Crippen LogP) is 0.228. The number of nitrogens with two attached hydrogens (primary N) is 1. The smallest absolute Gasteiger partial charge is 0.243 e. The zero-order chi connectivity index (χ0) is 30.4. The number of phenolic OH excluding ortho intramolecular Hbond substituents is 1. The fourth-order valence-corrected chi connectivity index (χ4v) is 4.59. The fourth-order valence-electron chi connectivity index (χ4n) is 3.98. The van der Waals surface area contributed by atoms with Crippen LogP contribution in [0.2, 0.25) is 0 Å². The van der Waals surface area contributed by atoms with E-state index in [1.165, 1.54) is 31.0 Å². The van der Waals surface area contributed by atoms with E-state index >= 15 is 0 Å². The van der Waals surface area contributed by atoms with Crippen molar-refractivity contribution in [2.75, 3.05) is 32.1 Å². The molecule has 6 N–H and O–H groups in total. The van der Waals surface area contributed by atoms with Crippen LogP contribution in [0.3, 0.4) is 0 Å². The molecule has 0 saturated heterocycles. The number of nitrogens with zero attached hydrogens (tertiary/aromatic N) is 1. The number of rotatable bonds is 16. The molecule has 0 spiro atoms. The van der Waals surface area contributed by atoms with Crippen molar-refractivity contribution in [3.8, 4) is 5.75 Å². The lowest BCUT2D eigenvalue weighted by Crippen LogP contribution is -2.54. The molecule has 2 rings (SSSR count). The van der Waals surface area contributed by atoms with Gasteiger partial charge in [0.25, 0.3) is 0 Å². The first-order valence-corrected chi connectivity index (χ1v) is 15.2. The molecule has 11 nitrogen and oxygen atoms in total. The Kier molecular flexibility index (Phi) is 14.1. The minimum absolute atomic E-state index is 0.103. The molecule has 0 aliphatic carbocycles. The Morgan fingerprint density at radius 3 is 2.20 bits per heavy atom. The lowest BCUT2D eigenvalue weighted by atomic mass is 10.0. The van der Waals surface area contributed by atoms with Gasteiger partial charge in [-0.1, -0.05) is 53.6 Å². The van der Waals surface area contributed by atoms with E-state index in [1.807, 2.05) is 30.3 Å². The van der Waals surface area contributed by atoms with Gasteiger partial charge in [-0.3, -0.25) is 19.2 Å². The highest BCUT2D eigenvalue weighted by Gasteiger charge is 2.28. The maximum Gasteiger partial charge on any atom is 0.243 e. The molecule has 4 amide bonds. The van der Waals surface area contributed by atoms with Crippen LogP contribution >= 0.6 is 0 Å². The summed E-state index contributed by atoms with van der Waals surface area (Å²) in [6.07, 6.45) is 3.51. The summed E-state index contributed by atoms with van der Waals surface area (Å²) < 4.78 is 11.2. The second-order valence-corrected chi connectivity index (χ2v) is 11.5. The van der Waals surface area contributed by atoms with Gasteiger partial charge in [-0.25, -0.2) is 0 Å². The van der Waals surface area contributed by atoms with Gasteiger partial charge in [0.2, 0.25) is 23.6 Å². The molecule has 0 aliphatic rings. The Morgan fingerprint density at radius 1 is 0.927 bits per heavy atom. The van der Waals surface area contributed by atoms with E-state index in [9.17, 15) is 28.8 Å². The standard InChI is InChI=1S/C29H41N5O6S/c1-20(33-28(38)24(30)17-22-11-13-23(35)14-12-22)27(37)32-19-26(36)34(2)25(18-21-9-5-4-6-10-21)29(39)31-15-7-8-16-41(3)40/h4-6,9-14,20,24-25,35H,7-8,15-19,30H2,1-3H3,(H,31,39)(H,32,37)(H,33,38)/t20-,24+,25+,41?/m1/s1. The van der Waals surface area contributed by atoms with E-state index in [0.29, 0.717) is 25.1 Å². The molecular formula is C29H41N5O6S. The first kappa shape index (κ1) is 33.6. The van der Waals surface area contributed by atoms with E-state index in [1.54, 1.807) is 18.4 Å². The Morgan fingerprint density at radius 2 is 1.56 bits per heavy atom. The Hall–Kier alpha value is -3.61. The van der Waals surface area contributed by atoms with E-state index in [0.717, 1.165) is 11.1 Å². The summed E-state index contributed by atoms with van der Waals surface area (Å²) >= 11 is -0.891. The minimum Gasteiger partial charge on any atom is -0.617 e.